The predicted octanol–water partition coefficient (Wildman–Crippen LogP) is 4.38. The fourth-order valence-electron chi connectivity index (χ4n) is 1.63. The molecule has 1 nitrogen and oxygen atoms in total. The van der Waals surface area contributed by atoms with Gasteiger partial charge >= 0.3 is 0 Å². The first-order chi connectivity index (χ1) is 8.70. The van der Waals surface area contributed by atoms with Gasteiger partial charge in [-0.1, -0.05) is 47.5 Å². The van der Waals surface area contributed by atoms with Crippen LogP contribution in [0.5, 0.6) is 0 Å². The largest absolute Gasteiger partial charge is 0.350 e. The van der Waals surface area contributed by atoms with Gasteiger partial charge in [0.1, 0.15) is 0 Å². The Kier molecular flexibility index (Phi) is 5.03. The second-order valence-electron chi connectivity index (χ2n) is 3.67. The van der Waals surface area contributed by atoms with Gasteiger partial charge in [0.15, 0.2) is 0 Å². The Morgan fingerprint density at radius 3 is 1.83 bits per heavy atom. The molecule has 0 fully saturated rings. The van der Waals surface area contributed by atoms with E-state index < -0.39 is 8.15 Å². The molecular formula is C14H13Cl2OP. The number of halogens is 2. The summed E-state index contributed by atoms with van der Waals surface area (Å²) in [5, 5.41) is 3.65. The molecule has 4 heteroatoms. The highest BCUT2D eigenvalue weighted by Crippen LogP contribution is 2.35. The molecule has 0 bridgehead atoms. The van der Waals surface area contributed by atoms with Crippen molar-refractivity contribution in [1.29, 1.82) is 0 Å². The topological polar surface area (TPSA) is 9.23 Å². The first-order valence-electron chi connectivity index (χ1n) is 5.65. The zero-order chi connectivity index (χ0) is 13.0. The molecule has 0 heterocycles. The summed E-state index contributed by atoms with van der Waals surface area (Å²) in [7, 11) is -0.852. The van der Waals surface area contributed by atoms with Crippen LogP contribution in [0.3, 0.4) is 0 Å². The second-order valence-corrected chi connectivity index (χ2v) is 6.42. The van der Waals surface area contributed by atoms with Crippen LogP contribution >= 0.6 is 31.4 Å². The molecule has 2 aromatic carbocycles. The molecule has 0 spiro atoms. The van der Waals surface area contributed by atoms with Crippen molar-refractivity contribution in [2.75, 3.05) is 6.61 Å². The molecular weight excluding hydrogens is 286 g/mol. The third-order valence-electron chi connectivity index (χ3n) is 2.34. The van der Waals surface area contributed by atoms with Crippen molar-refractivity contribution in [1.82, 2.24) is 0 Å². The van der Waals surface area contributed by atoms with Crippen molar-refractivity contribution < 1.29 is 4.52 Å². The van der Waals surface area contributed by atoms with Gasteiger partial charge in [-0.25, -0.2) is 0 Å². The Hall–Kier alpha value is -0.590. The van der Waals surface area contributed by atoms with Crippen LogP contribution in [-0.2, 0) is 4.52 Å². The molecule has 0 saturated carbocycles. The van der Waals surface area contributed by atoms with Crippen molar-refractivity contribution in [2.45, 2.75) is 6.92 Å². The van der Waals surface area contributed by atoms with E-state index in [1.807, 2.05) is 55.5 Å². The zero-order valence-electron chi connectivity index (χ0n) is 9.94. The van der Waals surface area contributed by atoms with Crippen LogP contribution in [0.15, 0.2) is 48.5 Å². The van der Waals surface area contributed by atoms with Crippen molar-refractivity contribution >= 4 is 42.0 Å². The van der Waals surface area contributed by atoms with Gasteiger partial charge in [0.2, 0.25) is 0 Å². The molecule has 0 atom stereocenters. The summed E-state index contributed by atoms with van der Waals surface area (Å²) in [6, 6.07) is 15.6. The van der Waals surface area contributed by atoms with Crippen molar-refractivity contribution in [3.05, 3.63) is 58.6 Å². The summed E-state index contributed by atoms with van der Waals surface area (Å²) in [6.07, 6.45) is 0. The molecule has 18 heavy (non-hydrogen) atoms. The third-order valence-corrected chi connectivity index (χ3v) is 4.82. The van der Waals surface area contributed by atoms with E-state index in [9.17, 15) is 0 Å². The van der Waals surface area contributed by atoms with Gasteiger partial charge in [-0.3, -0.25) is 0 Å². The van der Waals surface area contributed by atoms with E-state index in [0.717, 1.165) is 20.7 Å². The van der Waals surface area contributed by atoms with E-state index in [1.54, 1.807) is 0 Å². The van der Waals surface area contributed by atoms with E-state index in [2.05, 4.69) is 0 Å². The molecule has 0 saturated heterocycles. The number of benzene rings is 2. The molecule has 0 radical (unpaired) electrons. The van der Waals surface area contributed by atoms with Gasteiger partial charge in [0.25, 0.3) is 0 Å². The van der Waals surface area contributed by atoms with Gasteiger partial charge in [-0.2, -0.15) is 0 Å². The predicted molar refractivity (Wildman–Crippen MR) is 80.7 cm³/mol. The first kappa shape index (κ1) is 13.8. The molecule has 0 unspecified atom stereocenters. The Morgan fingerprint density at radius 1 is 0.944 bits per heavy atom. The van der Waals surface area contributed by atoms with Crippen LogP contribution in [0.25, 0.3) is 0 Å². The fourth-order valence-corrected chi connectivity index (χ4v) is 3.97. The maximum atomic E-state index is 6.04. The van der Waals surface area contributed by atoms with Crippen LogP contribution < -0.4 is 10.6 Å². The van der Waals surface area contributed by atoms with Gasteiger partial charge < -0.3 is 4.52 Å². The smallest absolute Gasteiger partial charge is 0.0918 e. The molecule has 2 rings (SSSR count). The first-order valence-corrected chi connectivity index (χ1v) is 7.66. The molecule has 0 amide bonds. The molecule has 0 aromatic heterocycles. The van der Waals surface area contributed by atoms with E-state index in [-0.39, 0.29) is 0 Å². The molecule has 94 valence electrons. The van der Waals surface area contributed by atoms with E-state index in [4.69, 9.17) is 27.7 Å². The Labute approximate surface area is 119 Å². The SMILES string of the molecule is CCOP(c1cccc(Cl)c1)c1cccc(Cl)c1. The summed E-state index contributed by atoms with van der Waals surface area (Å²) < 4.78 is 5.87. The maximum absolute atomic E-state index is 6.04. The number of hydrogen-bond donors (Lipinski definition) is 0. The van der Waals surface area contributed by atoms with E-state index in [1.165, 1.54) is 0 Å². The van der Waals surface area contributed by atoms with E-state index >= 15 is 0 Å². The van der Waals surface area contributed by atoms with Crippen LogP contribution in [-0.4, -0.2) is 6.61 Å². The quantitative estimate of drug-likeness (QED) is 0.761. The lowest BCUT2D eigenvalue weighted by Gasteiger charge is -2.17. The highest BCUT2D eigenvalue weighted by Gasteiger charge is 2.15. The van der Waals surface area contributed by atoms with Crippen LogP contribution in [0.1, 0.15) is 6.92 Å². The lowest BCUT2D eigenvalue weighted by molar-refractivity contribution is 0.388. The molecule has 0 aliphatic heterocycles. The fraction of sp³-hybridized carbons (Fsp3) is 0.143. The third kappa shape index (κ3) is 3.46. The summed E-state index contributed by atoms with van der Waals surface area (Å²) >= 11 is 12.1. The molecule has 0 aliphatic carbocycles. The van der Waals surface area contributed by atoms with Crippen LogP contribution in [0, 0.1) is 0 Å². The van der Waals surface area contributed by atoms with Gasteiger partial charge in [0.05, 0.1) is 8.15 Å². The van der Waals surface area contributed by atoms with Crippen LogP contribution in [0.2, 0.25) is 10.0 Å². The standard InChI is InChI=1S/C14H13Cl2OP/c1-2-17-18(13-7-3-5-11(15)9-13)14-8-4-6-12(16)10-14/h3-10H,2H2,1H3. The summed E-state index contributed by atoms with van der Waals surface area (Å²) in [5.41, 5.74) is 0. The lowest BCUT2D eigenvalue weighted by atomic mass is 10.4. The zero-order valence-corrected chi connectivity index (χ0v) is 12.3. The number of hydrogen-bond acceptors (Lipinski definition) is 1. The molecule has 2 aromatic rings. The summed E-state index contributed by atoms with van der Waals surface area (Å²) in [4.78, 5) is 0. The Morgan fingerprint density at radius 2 is 1.44 bits per heavy atom. The number of rotatable bonds is 4. The highest BCUT2D eigenvalue weighted by atomic mass is 35.5. The van der Waals surface area contributed by atoms with Crippen LogP contribution in [0.4, 0.5) is 0 Å². The lowest BCUT2D eigenvalue weighted by Crippen LogP contribution is -2.13. The van der Waals surface area contributed by atoms with Gasteiger partial charge in [-0.15, -0.1) is 0 Å². The van der Waals surface area contributed by atoms with Crippen molar-refractivity contribution in [2.24, 2.45) is 0 Å². The molecule has 0 N–H and O–H groups in total. The van der Waals surface area contributed by atoms with Crippen molar-refractivity contribution in [3.63, 3.8) is 0 Å². The summed E-state index contributed by atoms with van der Waals surface area (Å²) in [5.74, 6) is 0. The minimum Gasteiger partial charge on any atom is -0.350 e. The second kappa shape index (κ2) is 6.54. The Bertz CT molecular complexity index is 485. The Balaban J connectivity index is 2.39. The normalized spacial score (nSPS) is 10.9. The van der Waals surface area contributed by atoms with Gasteiger partial charge in [-0.05, 0) is 31.2 Å². The monoisotopic (exact) mass is 298 g/mol. The molecule has 0 aliphatic rings. The minimum atomic E-state index is -0.852. The van der Waals surface area contributed by atoms with E-state index in [0.29, 0.717) is 6.61 Å². The van der Waals surface area contributed by atoms with Gasteiger partial charge in [0, 0.05) is 27.3 Å². The minimum absolute atomic E-state index is 0.657. The highest BCUT2D eigenvalue weighted by molar-refractivity contribution is 7.68. The summed E-state index contributed by atoms with van der Waals surface area (Å²) in [6.45, 7) is 2.65. The average Bonchev–Trinajstić information content (AvgIpc) is 2.36. The van der Waals surface area contributed by atoms with Crippen molar-refractivity contribution in [3.8, 4) is 0 Å². The average molecular weight is 299 g/mol. The maximum Gasteiger partial charge on any atom is 0.0918 e.